The molecule has 22 heavy (non-hydrogen) atoms. The minimum atomic E-state index is 0.541. The molecule has 0 unspecified atom stereocenters. The van der Waals surface area contributed by atoms with E-state index in [0.29, 0.717) is 18.9 Å². The summed E-state index contributed by atoms with van der Waals surface area (Å²) in [5.74, 6) is 0.771. The smallest absolute Gasteiger partial charge is 0.154 e. The van der Waals surface area contributed by atoms with Crippen LogP contribution >= 0.6 is 0 Å². The van der Waals surface area contributed by atoms with Gasteiger partial charge >= 0.3 is 0 Å². The lowest BCUT2D eigenvalue weighted by Gasteiger charge is -2.30. The molecular formula is C17H25N3O2. The molecule has 0 spiro atoms. The third-order valence-corrected chi connectivity index (χ3v) is 3.69. The summed E-state index contributed by atoms with van der Waals surface area (Å²) in [5.41, 5.74) is 1.42. The molecular weight excluding hydrogens is 278 g/mol. The van der Waals surface area contributed by atoms with Gasteiger partial charge in [-0.3, -0.25) is 4.99 Å². The van der Waals surface area contributed by atoms with Gasteiger partial charge in [0.1, 0.15) is 0 Å². The quantitative estimate of drug-likeness (QED) is 0.289. The number of unbranched alkanes of at least 4 members (excludes halogenated alkanes) is 2. The fraction of sp³-hybridized carbons (Fsp3) is 0.529. The highest BCUT2D eigenvalue weighted by atomic mass is 16.5. The van der Waals surface area contributed by atoms with Gasteiger partial charge in [-0.1, -0.05) is 55.3 Å². The van der Waals surface area contributed by atoms with Gasteiger partial charge in [-0.2, -0.15) is 0 Å². The summed E-state index contributed by atoms with van der Waals surface area (Å²) in [6, 6.07) is 9.71. The van der Waals surface area contributed by atoms with Gasteiger partial charge in [0.15, 0.2) is 11.5 Å². The molecule has 0 saturated carbocycles. The molecule has 1 heterocycles. The van der Waals surface area contributed by atoms with E-state index in [9.17, 15) is 5.21 Å². The van der Waals surface area contributed by atoms with E-state index in [1.807, 2.05) is 30.3 Å². The van der Waals surface area contributed by atoms with Crippen LogP contribution in [0.1, 0.15) is 31.7 Å². The van der Waals surface area contributed by atoms with Crippen molar-refractivity contribution in [3.05, 3.63) is 35.9 Å². The third kappa shape index (κ3) is 4.56. The standard InChI is InChI=1S/C17H25N3O2/c1-2-3-7-10-18-17(20-11-13-22-14-12-20)16(19-21)15-8-5-4-6-9-15/h4-6,8-9,21H,2-3,7,10-14H2,1H3/b18-17?,19-16+. The monoisotopic (exact) mass is 303 g/mol. The van der Waals surface area contributed by atoms with E-state index in [-0.39, 0.29) is 0 Å². The fourth-order valence-electron chi connectivity index (χ4n) is 2.47. The van der Waals surface area contributed by atoms with E-state index in [2.05, 4.69) is 17.0 Å². The number of ether oxygens (including phenoxy) is 1. The van der Waals surface area contributed by atoms with Crippen molar-refractivity contribution in [3.8, 4) is 0 Å². The molecule has 1 saturated heterocycles. The van der Waals surface area contributed by atoms with Gasteiger partial charge in [-0.05, 0) is 6.42 Å². The van der Waals surface area contributed by atoms with Crippen LogP contribution in [-0.2, 0) is 4.74 Å². The minimum Gasteiger partial charge on any atom is -0.410 e. The van der Waals surface area contributed by atoms with Crippen LogP contribution in [0.3, 0.4) is 0 Å². The summed E-state index contributed by atoms with van der Waals surface area (Å²) in [5, 5.41) is 13.1. The Morgan fingerprint density at radius 2 is 1.91 bits per heavy atom. The van der Waals surface area contributed by atoms with E-state index < -0.39 is 0 Å². The van der Waals surface area contributed by atoms with Crippen LogP contribution in [-0.4, -0.2) is 54.5 Å². The van der Waals surface area contributed by atoms with Gasteiger partial charge in [0.2, 0.25) is 0 Å². The third-order valence-electron chi connectivity index (χ3n) is 3.69. The number of amidine groups is 1. The topological polar surface area (TPSA) is 57.4 Å². The van der Waals surface area contributed by atoms with Gasteiger partial charge in [0, 0.05) is 25.2 Å². The summed E-state index contributed by atoms with van der Waals surface area (Å²) >= 11 is 0. The Balaban J connectivity index is 2.21. The zero-order valence-corrected chi connectivity index (χ0v) is 13.2. The van der Waals surface area contributed by atoms with Crippen LogP contribution in [0, 0.1) is 0 Å². The van der Waals surface area contributed by atoms with Crippen molar-refractivity contribution in [3.63, 3.8) is 0 Å². The highest BCUT2D eigenvalue weighted by molar-refractivity contribution is 6.47. The fourth-order valence-corrected chi connectivity index (χ4v) is 2.47. The summed E-state index contributed by atoms with van der Waals surface area (Å²) in [4.78, 5) is 6.88. The van der Waals surface area contributed by atoms with Gasteiger partial charge in [-0.15, -0.1) is 0 Å². The lowest BCUT2D eigenvalue weighted by atomic mass is 10.1. The second kappa shape index (κ2) is 9.20. The van der Waals surface area contributed by atoms with E-state index >= 15 is 0 Å². The number of nitrogens with zero attached hydrogens (tertiary/aromatic N) is 3. The maximum absolute atomic E-state index is 9.53. The normalized spacial score (nSPS) is 16.9. The Kier molecular flexibility index (Phi) is 6.90. The molecule has 120 valence electrons. The molecule has 1 fully saturated rings. The van der Waals surface area contributed by atoms with Crippen LogP contribution in [0.15, 0.2) is 40.5 Å². The molecule has 1 aliphatic heterocycles. The molecule has 1 N–H and O–H groups in total. The highest BCUT2D eigenvalue weighted by Crippen LogP contribution is 2.09. The van der Waals surface area contributed by atoms with Gasteiger partial charge in [0.25, 0.3) is 0 Å². The Hall–Kier alpha value is -1.88. The van der Waals surface area contributed by atoms with Crippen molar-refractivity contribution in [1.82, 2.24) is 4.90 Å². The summed E-state index contributed by atoms with van der Waals surface area (Å²) < 4.78 is 5.41. The molecule has 5 nitrogen and oxygen atoms in total. The largest absolute Gasteiger partial charge is 0.410 e. The molecule has 0 aromatic heterocycles. The average Bonchev–Trinajstić information content (AvgIpc) is 2.59. The second-order valence-corrected chi connectivity index (χ2v) is 5.33. The van der Waals surface area contributed by atoms with Crippen molar-refractivity contribution in [2.45, 2.75) is 26.2 Å². The van der Waals surface area contributed by atoms with Crippen LogP contribution in [0.2, 0.25) is 0 Å². The summed E-state index contributed by atoms with van der Waals surface area (Å²) in [7, 11) is 0. The predicted octanol–water partition coefficient (Wildman–Crippen LogP) is 2.79. The van der Waals surface area contributed by atoms with Crippen molar-refractivity contribution >= 4 is 11.5 Å². The number of morpholine rings is 1. The number of benzene rings is 1. The van der Waals surface area contributed by atoms with Crippen LogP contribution in [0.4, 0.5) is 0 Å². The molecule has 0 atom stereocenters. The lowest BCUT2D eigenvalue weighted by Crippen LogP contribution is -2.44. The van der Waals surface area contributed by atoms with Crippen molar-refractivity contribution in [1.29, 1.82) is 0 Å². The van der Waals surface area contributed by atoms with Crippen LogP contribution < -0.4 is 0 Å². The lowest BCUT2D eigenvalue weighted by molar-refractivity contribution is 0.0687. The number of aliphatic imine (C=N–C) groups is 1. The second-order valence-electron chi connectivity index (χ2n) is 5.33. The predicted molar refractivity (Wildman–Crippen MR) is 89.0 cm³/mol. The number of hydrogen-bond acceptors (Lipinski definition) is 4. The van der Waals surface area contributed by atoms with E-state index in [1.54, 1.807) is 0 Å². The molecule has 2 rings (SSSR count). The van der Waals surface area contributed by atoms with Crippen molar-refractivity contribution in [2.24, 2.45) is 10.1 Å². The Morgan fingerprint density at radius 3 is 2.55 bits per heavy atom. The van der Waals surface area contributed by atoms with Gasteiger partial charge in [0.05, 0.1) is 13.2 Å². The van der Waals surface area contributed by atoms with Gasteiger partial charge in [-0.25, -0.2) is 0 Å². The van der Waals surface area contributed by atoms with Crippen LogP contribution in [0.5, 0.6) is 0 Å². The number of hydrogen-bond donors (Lipinski definition) is 1. The first-order valence-corrected chi connectivity index (χ1v) is 8.01. The zero-order valence-electron chi connectivity index (χ0n) is 13.2. The highest BCUT2D eigenvalue weighted by Gasteiger charge is 2.21. The SMILES string of the molecule is CCCCCN=C(/C(=N/O)c1ccccc1)N1CCOCC1. The maximum Gasteiger partial charge on any atom is 0.154 e. The van der Waals surface area contributed by atoms with Crippen molar-refractivity contribution in [2.75, 3.05) is 32.8 Å². The molecule has 1 aliphatic rings. The average molecular weight is 303 g/mol. The molecule has 1 aromatic carbocycles. The molecule has 0 bridgehead atoms. The van der Waals surface area contributed by atoms with Crippen LogP contribution in [0.25, 0.3) is 0 Å². The Labute approximate surface area is 132 Å². The zero-order chi connectivity index (χ0) is 15.6. The summed E-state index contributed by atoms with van der Waals surface area (Å²) in [6.45, 7) is 5.85. The first kappa shape index (κ1) is 16.5. The van der Waals surface area contributed by atoms with Gasteiger partial charge < -0.3 is 14.8 Å². The Bertz CT molecular complexity index is 494. The maximum atomic E-state index is 9.53. The molecule has 0 aliphatic carbocycles. The molecule has 5 heteroatoms. The van der Waals surface area contributed by atoms with E-state index in [4.69, 9.17) is 9.73 Å². The first-order valence-electron chi connectivity index (χ1n) is 8.01. The molecule has 1 aromatic rings. The number of rotatable bonds is 6. The molecule has 0 radical (unpaired) electrons. The minimum absolute atomic E-state index is 0.541. The first-order chi connectivity index (χ1) is 10.9. The van der Waals surface area contributed by atoms with Crippen molar-refractivity contribution < 1.29 is 9.94 Å². The molecule has 0 amide bonds. The van der Waals surface area contributed by atoms with E-state index in [0.717, 1.165) is 43.9 Å². The summed E-state index contributed by atoms with van der Waals surface area (Å²) in [6.07, 6.45) is 3.39. The number of oxime groups is 1. The Morgan fingerprint density at radius 1 is 1.18 bits per heavy atom. The van der Waals surface area contributed by atoms with E-state index in [1.165, 1.54) is 6.42 Å².